The van der Waals surface area contributed by atoms with E-state index < -0.39 is 6.04 Å². The van der Waals surface area contributed by atoms with Crippen LogP contribution in [0.2, 0.25) is 0 Å². The molecule has 2 aromatic heterocycles. The summed E-state index contributed by atoms with van der Waals surface area (Å²) in [5.74, 6) is 6.92. The number of thiophene rings is 1. The molecule has 1 unspecified atom stereocenters. The molecule has 4 N–H and O–H groups in total. The average Bonchev–Trinajstić information content (AvgIpc) is 3.29. The van der Waals surface area contributed by atoms with Crippen molar-refractivity contribution in [2.45, 2.75) is 26.8 Å². The summed E-state index contributed by atoms with van der Waals surface area (Å²) in [5, 5.41) is 19.2. The molecule has 1 aliphatic heterocycles. The van der Waals surface area contributed by atoms with E-state index in [9.17, 15) is 4.79 Å². The van der Waals surface area contributed by atoms with Gasteiger partial charge < -0.3 is 16.0 Å². The lowest BCUT2D eigenvalue weighted by Crippen LogP contribution is -2.35. The van der Waals surface area contributed by atoms with E-state index >= 15 is 0 Å². The maximum absolute atomic E-state index is 12.5. The molecule has 0 radical (unpaired) electrons. The molecule has 164 valence electrons. The number of aromatic nitrogens is 1. The second kappa shape index (κ2) is 10.1. The average molecular weight is 448 g/mol. The number of pyridine rings is 1. The first-order valence-electron chi connectivity index (χ1n) is 10.0. The van der Waals surface area contributed by atoms with Crippen LogP contribution < -0.4 is 16.0 Å². The smallest absolute Gasteiger partial charge is 0.242 e. The third-order valence-corrected chi connectivity index (χ3v) is 5.57. The maximum Gasteiger partial charge on any atom is 0.242 e. The molecule has 1 aliphatic rings. The molecule has 1 atom stereocenters. The number of likely N-dealkylation sites (N-methyl/N-ethyl adjacent to an activating group) is 1. The van der Waals surface area contributed by atoms with E-state index in [-0.39, 0.29) is 11.7 Å². The number of nitrogens with one attached hydrogen (secondary N) is 4. The number of allylic oxidation sites excluding steroid dienone is 1. The van der Waals surface area contributed by atoms with Gasteiger partial charge in [0.15, 0.2) is 5.84 Å². The number of amidine groups is 2. The molecule has 9 heteroatoms. The predicted octanol–water partition coefficient (Wildman–Crippen LogP) is 2.78. The van der Waals surface area contributed by atoms with Gasteiger partial charge in [-0.1, -0.05) is 6.07 Å². The van der Waals surface area contributed by atoms with Crippen molar-refractivity contribution in [2.75, 3.05) is 19.4 Å². The van der Waals surface area contributed by atoms with Gasteiger partial charge in [0.05, 0.1) is 22.2 Å². The fourth-order valence-corrected chi connectivity index (χ4v) is 3.47. The van der Waals surface area contributed by atoms with E-state index in [0.29, 0.717) is 34.2 Å². The summed E-state index contributed by atoms with van der Waals surface area (Å²) in [6, 6.07) is 7.03. The van der Waals surface area contributed by atoms with E-state index in [1.807, 2.05) is 30.5 Å². The van der Waals surface area contributed by atoms with Crippen molar-refractivity contribution in [2.24, 2.45) is 9.98 Å². The second-order valence-electron chi connectivity index (χ2n) is 7.07. The van der Waals surface area contributed by atoms with Crippen molar-refractivity contribution in [3.8, 4) is 11.8 Å². The molecule has 0 bridgehead atoms. The number of amides is 1. The van der Waals surface area contributed by atoms with E-state index in [1.165, 1.54) is 0 Å². The van der Waals surface area contributed by atoms with Gasteiger partial charge in [-0.2, -0.15) is 0 Å². The van der Waals surface area contributed by atoms with Crippen LogP contribution in [0, 0.1) is 17.3 Å². The molecule has 3 heterocycles. The Kier molecular flexibility index (Phi) is 7.30. The summed E-state index contributed by atoms with van der Waals surface area (Å²) in [6.45, 7) is 5.38. The van der Waals surface area contributed by atoms with Crippen LogP contribution in [-0.4, -0.2) is 48.4 Å². The maximum atomic E-state index is 12.5. The van der Waals surface area contributed by atoms with E-state index in [0.717, 1.165) is 10.6 Å². The highest BCUT2D eigenvalue weighted by Crippen LogP contribution is 2.21. The highest BCUT2D eigenvalue weighted by molar-refractivity contribution is 7.10. The summed E-state index contributed by atoms with van der Waals surface area (Å²) in [4.78, 5) is 26.7. The summed E-state index contributed by atoms with van der Waals surface area (Å²) >= 11 is 1.54. The van der Waals surface area contributed by atoms with Gasteiger partial charge >= 0.3 is 0 Å². The Morgan fingerprint density at radius 3 is 2.66 bits per heavy atom. The van der Waals surface area contributed by atoms with Crippen molar-refractivity contribution in [1.82, 2.24) is 15.6 Å². The monoisotopic (exact) mass is 447 g/mol. The van der Waals surface area contributed by atoms with Crippen LogP contribution in [0.15, 0.2) is 50.9 Å². The molecule has 0 aromatic carbocycles. The van der Waals surface area contributed by atoms with Gasteiger partial charge in [0.2, 0.25) is 5.91 Å². The van der Waals surface area contributed by atoms with Crippen molar-refractivity contribution >= 4 is 40.4 Å². The van der Waals surface area contributed by atoms with E-state index in [4.69, 9.17) is 5.41 Å². The zero-order valence-electron chi connectivity index (χ0n) is 18.6. The van der Waals surface area contributed by atoms with Gasteiger partial charge in [0.25, 0.3) is 0 Å². The van der Waals surface area contributed by atoms with Gasteiger partial charge in [-0.25, -0.2) is 15.0 Å². The molecule has 0 saturated heterocycles. The van der Waals surface area contributed by atoms with Crippen molar-refractivity contribution < 1.29 is 4.79 Å². The first-order chi connectivity index (χ1) is 15.3. The largest absolute Gasteiger partial charge is 0.391 e. The second-order valence-corrected chi connectivity index (χ2v) is 8.02. The number of carbonyl (C=O) groups is 1. The molecule has 3 rings (SSSR count). The van der Waals surface area contributed by atoms with Crippen LogP contribution in [0.4, 0.5) is 5.82 Å². The number of anilines is 1. The number of aliphatic imine (C=N–C) groups is 2. The first kappa shape index (κ1) is 23.1. The Balaban J connectivity index is 2.14. The number of hydrogen-bond donors (Lipinski definition) is 4. The normalized spacial score (nSPS) is 15.7. The molecular formula is C23H25N7OS. The van der Waals surface area contributed by atoms with E-state index in [2.05, 4.69) is 42.8 Å². The van der Waals surface area contributed by atoms with Gasteiger partial charge in [-0.15, -0.1) is 11.3 Å². The minimum Gasteiger partial charge on any atom is -0.391 e. The zero-order chi connectivity index (χ0) is 23.3. The molecule has 1 amide bonds. The number of hydrogen-bond acceptors (Lipinski definition) is 7. The SMILES string of the molecule is CN/C(C)=C1\C(=N)N=C(C)N=C1c1cc(C#Cc2cccs2)nc(NC(=O)C(C)NC)c1. The lowest BCUT2D eigenvalue weighted by molar-refractivity contribution is -0.117. The minimum atomic E-state index is -0.391. The molecule has 0 aliphatic carbocycles. The third kappa shape index (κ3) is 5.35. The highest BCUT2D eigenvalue weighted by Gasteiger charge is 2.23. The number of rotatable bonds is 5. The molecule has 0 saturated carbocycles. The number of carbonyl (C=O) groups excluding carboxylic acids is 1. The highest BCUT2D eigenvalue weighted by atomic mass is 32.1. The quantitative estimate of drug-likeness (QED) is 0.528. The zero-order valence-corrected chi connectivity index (χ0v) is 19.4. The lowest BCUT2D eigenvalue weighted by atomic mass is 9.98. The first-order valence-corrected chi connectivity index (χ1v) is 10.9. The minimum absolute atomic E-state index is 0.122. The fourth-order valence-electron chi connectivity index (χ4n) is 2.90. The molecular weight excluding hydrogens is 422 g/mol. The van der Waals surface area contributed by atoms with Crippen molar-refractivity contribution in [1.29, 1.82) is 5.41 Å². The van der Waals surface area contributed by atoms with Crippen LogP contribution in [0.5, 0.6) is 0 Å². The molecule has 8 nitrogen and oxygen atoms in total. The Morgan fingerprint density at radius 2 is 2.00 bits per heavy atom. The Morgan fingerprint density at radius 1 is 1.22 bits per heavy atom. The lowest BCUT2D eigenvalue weighted by Gasteiger charge is -2.19. The fraction of sp³-hybridized carbons (Fsp3) is 0.261. The van der Waals surface area contributed by atoms with Gasteiger partial charge in [0, 0.05) is 18.3 Å². The predicted molar refractivity (Wildman–Crippen MR) is 131 cm³/mol. The molecule has 0 spiro atoms. The van der Waals surface area contributed by atoms with E-state index in [1.54, 1.807) is 45.3 Å². The van der Waals surface area contributed by atoms with Gasteiger partial charge in [-0.3, -0.25) is 10.2 Å². The Bertz CT molecular complexity index is 1200. The van der Waals surface area contributed by atoms with Crippen molar-refractivity contribution in [3.63, 3.8) is 0 Å². The molecule has 0 fully saturated rings. The Hall–Kier alpha value is -3.61. The summed E-state index contributed by atoms with van der Waals surface area (Å²) in [6.07, 6.45) is 0. The number of nitrogens with zero attached hydrogens (tertiary/aromatic N) is 3. The summed E-state index contributed by atoms with van der Waals surface area (Å²) < 4.78 is 0. The topological polar surface area (TPSA) is 115 Å². The van der Waals surface area contributed by atoms with Crippen LogP contribution in [0.1, 0.15) is 36.9 Å². The van der Waals surface area contributed by atoms with Gasteiger partial charge in [0.1, 0.15) is 17.3 Å². The van der Waals surface area contributed by atoms with Crippen LogP contribution in [0.25, 0.3) is 0 Å². The molecule has 2 aromatic rings. The van der Waals surface area contributed by atoms with Crippen LogP contribution in [-0.2, 0) is 4.79 Å². The van der Waals surface area contributed by atoms with Crippen LogP contribution in [0.3, 0.4) is 0 Å². The Labute approximate surface area is 191 Å². The summed E-state index contributed by atoms with van der Waals surface area (Å²) in [7, 11) is 3.50. The molecule has 32 heavy (non-hydrogen) atoms. The third-order valence-electron chi connectivity index (χ3n) is 4.78. The standard InChI is InChI=1S/C23H25N7OS/c1-13(25-4)20-21(27-15(3)28-22(20)24)16-11-17(8-9-18-7-6-10-32-18)29-19(12-16)30-23(31)14(2)26-5/h6-7,10-12,14,24-26H,1-5H3,(H,29,30,31)/b20-13-,24-22?. The van der Waals surface area contributed by atoms with Crippen LogP contribution >= 0.6 is 11.3 Å². The van der Waals surface area contributed by atoms with Gasteiger partial charge in [-0.05, 0) is 63.2 Å². The summed E-state index contributed by atoms with van der Waals surface area (Å²) in [5.41, 5.74) is 3.10. The van der Waals surface area contributed by atoms with Crippen molar-refractivity contribution in [3.05, 3.63) is 57.1 Å².